The fourth-order valence-electron chi connectivity index (χ4n) is 2.36. The van der Waals surface area contributed by atoms with Gasteiger partial charge in [-0.1, -0.05) is 23.7 Å². The highest BCUT2D eigenvalue weighted by molar-refractivity contribution is 7.98. The third-order valence-corrected chi connectivity index (χ3v) is 5.11. The predicted octanol–water partition coefficient (Wildman–Crippen LogP) is 2.54. The number of amides is 2. The Labute approximate surface area is 163 Å². The van der Waals surface area contributed by atoms with E-state index in [0.717, 1.165) is 15.5 Å². The first-order valence-electron chi connectivity index (χ1n) is 8.22. The van der Waals surface area contributed by atoms with Crippen molar-refractivity contribution in [2.75, 3.05) is 30.5 Å². The van der Waals surface area contributed by atoms with E-state index in [0.29, 0.717) is 10.7 Å². The molecule has 0 spiro atoms. The van der Waals surface area contributed by atoms with Gasteiger partial charge in [-0.15, -0.1) is 11.8 Å². The van der Waals surface area contributed by atoms with Crippen LogP contribution in [0.25, 0.3) is 0 Å². The summed E-state index contributed by atoms with van der Waals surface area (Å²) in [6, 6.07) is 14.2. The van der Waals surface area contributed by atoms with Crippen molar-refractivity contribution in [1.82, 2.24) is 0 Å². The van der Waals surface area contributed by atoms with Crippen molar-refractivity contribution in [2.45, 2.75) is 17.9 Å². The topological polar surface area (TPSA) is 62.6 Å². The third kappa shape index (κ3) is 5.76. The minimum Gasteiger partial charge on any atom is -0.321 e. The van der Waals surface area contributed by atoms with E-state index in [-0.39, 0.29) is 24.4 Å². The van der Waals surface area contributed by atoms with Crippen molar-refractivity contribution < 1.29 is 14.5 Å². The number of hydrogen-bond donors (Lipinski definition) is 3. The molecule has 0 fully saturated rings. The van der Waals surface area contributed by atoms with E-state index in [1.807, 2.05) is 37.6 Å². The Morgan fingerprint density at radius 3 is 2.42 bits per heavy atom. The monoisotopic (exact) mass is 392 g/mol. The Bertz CT molecular complexity index is 768. The van der Waals surface area contributed by atoms with Crippen LogP contribution in [0, 0.1) is 0 Å². The molecule has 138 valence electrons. The molecule has 0 aliphatic carbocycles. The van der Waals surface area contributed by atoms with E-state index in [1.54, 1.807) is 43.0 Å². The van der Waals surface area contributed by atoms with E-state index in [2.05, 4.69) is 10.6 Å². The van der Waals surface area contributed by atoms with Crippen LogP contribution in [-0.2, 0) is 9.59 Å². The van der Waals surface area contributed by atoms with E-state index in [4.69, 9.17) is 11.6 Å². The minimum atomic E-state index is -0.382. The quantitative estimate of drug-likeness (QED) is 0.634. The molecule has 26 heavy (non-hydrogen) atoms. The molecule has 0 saturated carbocycles. The number of nitrogens with one attached hydrogen (secondary N) is 3. The van der Waals surface area contributed by atoms with Crippen LogP contribution in [0.4, 0.5) is 11.4 Å². The molecule has 5 nitrogen and oxygen atoms in total. The lowest BCUT2D eigenvalue weighted by Crippen LogP contribution is -3.14. The van der Waals surface area contributed by atoms with Crippen molar-refractivity contribution in [2.24, 2.45) is 0 Å². The number of thioether (sulfide) groups is 1. The number of anilines is 2. The molecule has 0 aliphatic rings. The fourth-order valence-corrected chi connectivity index (χ4v) is 3.04. The molecule has 1 unspecified atom stereocenters. The van der Waals surface area contributed by atoms with E-state index in [9.17, 15) is 9.59 Å². The van der Waals surface area contributed by atoms with E-state index >= 15 is 0 Å². The molecule has 2 rings (SSSR count). The maximum Gasteiger partial charge on any atom is 0.282 e. The lowest BCUT2D eigenvalue weighted by molar-refractivity contribution is -0.885. The van der Waals surface area contributed by atoms with Crippen LogP contribution in [0.15, 0.2) is 53.4 Å². The Hall–Kier alpha value is -2.02. The molecule has 0 heterocycles. The number of para-hydroxylation sites is 1. The number of rotatable bonds is 7. The highest BCUT2D eigenvalue weighted by atomic mass is 35.5. The van der Waals surface area contributed by atoms with Crippen LogP contribution in [0.5, 0.6) is 0 Å². The first-order valence-corrected chi connectivity index (χ1v) is 9.82. The second-order valence-electron chi connectivity index (χ2n) is 5.99. The number of halogens is 1. The molecule has 2 amide bonds. The second kappa shape index (κ2) is 9.62. The molecule has 3 N–H and O–H groups in total. The van der Waals surface area contributed by atoms with Gasteiger partial charge < -0.3 is 15.5 Å². The van der Waals surface area contributed by atoms with Gasteiger partial charge in [0.25, 0.3) is 11.8 Å². The van der Waals surface area contributed by atoms with E-state index < -0.39 is 0 Å². The smallest absolute Gasteiger partial charge is 0.282 e. The maximum absolute atomic E-state index is 12.4. The fraction of sp³-hybridized carbons (Fsp3) is 0.263. The van der Waals surface area contributed by atoms with Crippen LogP contribution in [0.3, 0.4) is 0 Å². The van der Waals surface area contributed by atoms with Gasteiger partial charge in [0.2, 0.25) is 0 Å². The van der Waals surface area contributed by atoms with Crippen LogP contribution in [-0.4, -0.2) is 37.7 Å². The Morgan fingerprint density at radius 1 is 1.12 bits per heavy atom. The predicted molar refractivity (Wildman–Crippen MR) is 108 cm³/mol. The summed E-state index contributed by atoms with van der Waals surface area (Å²) in [7, 11) is 1.83. The maximum atomic E-state index is 12.4. The molecule has 0 saturated heterocycles. The molecule has 2 aromatic rings. The molecule has 0 radical (unpaired) electrons. The minimum absolute atomic E-state index is 0.129. The van der Waals surface area contributed by atoms with Gasteiger partial charge in [0.15, 0.2) is 12.6 Å². The summed E-state index contributed by atoms with van der Waals surface area (Å²) in [4.78, 5) is 26.5. The number of hydrogen-bond acceptors (Lipinski definition) is 3. The Morgan fingerprint density at radius 2 is 1.77 bits per heavy atom. The van der Waals surface area contributed by atoms with Gasteiger partial charge in [-0.3, -0.25) is 9.59 Å². The SMILES string of the molecule is CSc1ccccc1NC(=O)C[NH+](C)[C@H](C)C(=O)Nc1ccc(Cl)cc1. The zero-order valence-electron chi connectivity index (χ0n) is 15.0. The van der Waals surface area contributed by atoms with Crippen LogP contribution in [0.2, 0.25) is 5.02 Å². The van der Waals surface area contributed by atoms with Gasteiger partial charge in [0, 0.05) is 15.6 Å². The zero-order chi connectivity index (χ0) is 19.1. The van der Waals surface area contributed by atoms with Gasteiger partial charge in [-0.05, 0) is 49.6 Å². The summed E-state index contributed by atoms with van der Waals surface area (Å²) in [6.07, 6.45) is 1.96. The average Bonchev–Trinajstić information content (AvgIpc) is 2.63. The summed E-state index contributed by atoms with van der Waals surface area (Å²) in [5, 5.41) is 6.36. The van der Waals surface area contributed by atoms with Crippen LogP contribution >= 0.6 is 23.4 Å². The van der Waals surface area contributed by atoms with Crippen LogP contribution < -0.4 is 15.5 Å². The molecular weight excluding hydrogens is 370 g/mol. The van der Waals surface area contributed by atoms with Crippen molar-refractivity contribution in [3.05, 3.63) is 53.6 Å². The van der Waals surface area contributed by atoms with Crippen molar-refractivity contribution in [1.29, 1.82) is 0 Å². The molecule has 0 aromatic heterocycles. The summed E-state index contributed by atoms with van der Waals surface area (Å²) >= 11 is 7.42. The molecular formula is C19H23ClN3O2S+. The number of benzene rings is 2. The number of likely N-dealkylation sites (N-methyl/N-ethyl adjacent to an activating group) is 1. The van der Waals surface area contributed by atoms with E-state index in [1.165, 1.54) is 0 Å². The molecule has 0 bridgehead atoms. The molecule has 0 aliphatic heterocycles. The number of quaternary nitrogens is 1. The van der Waals surface area contributed by atoms with Crippen molar-refractivity contribution >= 4 is 46.6 Å². The summed E-state index contributed by atoms with van der Waals surface area (Å²) < 4.78 is 0. The summed E-state index contributed by atoms with van der Waals surface area (Å²) in [5.74, 6) is -0.280. The molecule has 7 heteroatoms. The first kappa shape index (κ1) is 20.3. The van der Waals surface area contributed by atoms with Crippen molar-refractivity contribution in [3.63, 3.8) is 0 Å². The summed E-state index contributed by atoms with van der Waals surface area (Å²) in [5.41, 5.74) is 1.47. The number of carbonyl (C=O) groups is 2. The molecule has 2 atom stereocenters. The van der Waals surface area contributed by atoms with Crippen molar-refractivity contribution in [3.8, 4) is 0 Å². The van der Waals surface area contributed by atoms with Gasteiger partial charge in [-0.25, -0.2) is 0 Å². The molecule has 2 aromatic carbocycles. The lowest BCUT2D eigenvalue weighted by atomic mass is 10.2. The normalized spacial score (nSPS) is 12.9. The van der Waals surface area contributed by atoms with Gasteiger partial charge in [-0.2, -0.15) is 0 Å². The van der Waals surface area contributed by atoms with Crippen LogP contribution in [0.1, 0.15) is 6.92 Å². The van der Waals surface area contributed by atoms with Gasteiger partial charge in [0.05, 0.1) is 12.7 Å². The average molecular weight is 393 g/mol. The van der Waals surface area contributed by atoms with Gasteiger partial charge >= 0.3 is 0 Å². The van der Waals surface area contributed by atoms with Gasteiger partial charge in [0.1, 0.15) is 0 Å². The zero-order valence-corrected chi connectivity index (χ0v) is 16.6. The second-order valence-corrected chi connectivity index (χ2v) is 7.27. The highest BCUT2D eigenvalue weighted by Gasteiger charge is 2.24. The number of carbonyl (C=O) groups excluding carboxylic acids is 2. The third-order valence-electron chi connectivity index (χ3n) is 4.06. The lowest BCUT2D eigenvalue weighted by Gasteiger charge is -2.21. The highest BCUT2D eigenvalue weighted by Crippen LogP contribution is 2.24. The summed E-state index contributed by atoms with van der Waals surface area (Å²) in [6.45, 7) is 1.99. The standard InChI is InChI=1S/C19H22ClN3O2S/c1-13(19(25)21-15-10-8-14(20)9-11-15)23(2)12-18(24)22-16-6-4-5-7-17(16)26-3/h4-11,13H,12H2,1-3H3,(H,21,25)(H,22,24)/p+1/t13-/m1/s1. The Balaban J connectivity index is 1.90. The Kier molecular flexibility index (Phi) is 7.50. The first-order chi connectivity index (χ1) is 12.4. The largest absolute Gasteiger partial charge is 0.321 e.